The lowest BCUT2D eigenvalue weighted by Gasteiger charge is -1.89. The number of carbonyl (C=O) groups is 1. The summed E-state index contributed by atoms with van der Waals surface area (Å²) < 4.78 is 7.41. The summed E-state index contributed by atoms with van der Waals surface area (Å²) in [6.45, 7) is 0. The van der Waals surface area contributed by atoms with E-state index in [0.717, 1.165) is 0 Å². The van der Waals surface area contributed by atoms with E-state index in [4.69, 9.17) is 4.42 Å². The molecule has 0 aromatic carbocycles. The molecule has 1 amide bonds. The Morgan fingerprint density at radius 3 is 2.93 bits per heavy atom. The van der Waals surface area contributed by atoms with E-state index in [2.05, 4.69) is 20.9 Å². The van der Waals surface area contributed by atoms with Crippen molar-refractivity contribution in [2.45, 2.75) is 0 Å². The number of hydrogen-bond donors (Lipinski definition) is 0. The minimum absolute atomic E-state index is 0.232. The minimum Gasteiger partial charge on any atom is -0.444 e. The summed E-state index contributed by atoms with van der Waals surface area (Å²) in [5, 5.41) is 1.87. The van der Waals surface area contributed by atoms with Crippen LogP contribution in [0.25, 0.3) is 0 Å². The molecule has 0 aliphatic carbocycles. The smallest absolute Gasteiger partial charge is 0.315 e. The lowest BCUT2D eigenvalue weighted by Crippen LogP contribution is -2.12. The highest BCUT2D eigenvalue weighted by Crippen LogP contribution is 2.14. The van der Waals surface area contributed by atoms with Crippen molar-refractivity contribution in [2.75, 3.05) is 0 Å². The van der Waals surface area contributed by atoms with E-state index in [1.807, 2.05) is 18.6 Å². The van der Waals surface area contributed by atoms with Crippen molar-refractivity contribution in [3.8, 4) is 0 Å². The Hall–Kier alpha value is -1.14. The second-order valence-corrected chi connectivity index (χ2v) is 4.47. The molecule has 0 N–H and O–H groups in total. The molecule has 0 atom stereocenters. The van der Waals surface area contributed by atoms with Crippen LogP contribution < -0.4 is 4.80 Å². The molecule has 0 aliphatic rings. The number of aryl methyl sites for hydroxylation is 1. The molecule has 0 fully saturated rings. The summed E-state index contributed by atoms with van der Waals surface area (Å²) in [5.74, 6) is -0.144. The van der Waals surface area contributed by atoms with E-state index >= 15 is 0 Å². The van der Waals surface area contributed by atoms with Gasteiger partial charge in [0.15, 0.2) is 15.2 Å². The third kappa shape index (κ3) is 2.27. The molecule has 0 saturated carbocycles. The summed E-state index contributed by atoms with van der Waals surface area (Å²) in [5.41, 5.74) is 0. The average Bonchev–Trinajstić information content (AvgIpc) is 2.77. The molecule has 2 aromatic heterocycles. The molecule has 0 unspecified atom stereocenters. The van der Waals surface area contributed by atoms with Gasteiger partial charge in [0.05, 0.1) is 0 Å². The SMILES string of the molecule is Cn1ccsc1=NC(=O)c1ccc(Br)o1. The molecule has 0 aliphatic heterocycles. The van der Waals surface area contributed by atoms with Gasteiger partial charge < -0.3 is 8.98 Å². The topological polar surface area (TPSA) is 47.5 Å². The molecule has 0 bridgehead atoms. The molecular weight excluding hydrogens is 280 g/mol. The number of carbonyl (C=O) groups excluding carboxylic acids is 1. The van der Waals surface area contributed by atoms with Gasteiger partial charge in [0.25, 0.3) is 0 Å². The fraction of sp³-hybridized carbons (Fsp3) is 0.111. The fourth-order valence-electron chi connectivity index (χ4n) is 1.01. The number of hydrogen-bond acceptors (Lipinski definition) is 3. The molecule has 2 rings (SSSR count). The van der Waals surface area contributed by atoms with Crippen molar-refractivity contribution in [1.82, 2.24) is 4.57 Å². The average molecular weight is 287 g/mol. The second kappa shape index (κ2) is 4.16. The molecule has 2 aromatic rings. The Morgan fingerprint density at radius 2 is 2.40 bits per heavy atom. The molecule has 0 saturated heterocycles. The Morgan fingerprint density at radius 1 is 1.60 bits per heavy atom. The summed E-state index contributed by atoms with van der Waals surface area (Å²) >= 11 is 4.53. The highest BCUT2D eigenvalue weighted by Gasteiger charge is 2.08. The highest BCUT2D eigenvalue weighted by atomic mass is 79.9. The van der Waals surface area contributed by atoms with Crippen molar-refractivity contribution in [3.63, 3.8) is 0 Å². The van der Waals surface area contributed by atoms with Crippen molar-refractivity contribution in [1.29, 1.82) is 0 Å². The summed E-state index contributed by atoms with van der Waals surface area (Å²) in [6.07, 6.45) is 1.84. The van der Waals surface area contributed by atoms with Gasteiger partial charge in [-0.15, -0.1) is 11.3 Å². The maximum atomic E-state index is 11.6. The predicted molar refractivity (Wildman–Crippen MR) is 59.6 cm³/mol. The number of amides is 1. The third-order valence-corrected chi connectivity index (χ3v) is 3.01. The Kier molecular flexibility index (Phi) is 2.88. The third-order valence-electron chi connectivity index (χ3n) is 1.74. The maximum absolute atomic E-state index is 11.6. The monoisotopic (exact) mass is 286 g/mol. The van der Waals surface area contributed by atoms with Crippen molar-refractivity contribution in [3.05, 3.63) is 38.9 Å². The van der Waals surface area contributed by atoms with E-state index in [-0.39, 0.29) is 11.7 Å². The van der Waals surface area contributed by atoms with Crippen LogP contribution in [0.2, 0.25) is 0 Å². The zero-order valence-corrected chi connectivity index (χ0v) is 10.2. The quantitative estimate of drug-likeness (QED) is 0.807. The van der Waals surface area contributed by atoms with E-state index < -0.39 is 0 Å². The van der Waals surface area contributed by atoms with E-state index in [9.17, 15) is 4.79 Å². The van der Waals surface area contributed by atoms with Crippen molar-refractivity contribution >= 4 is 33.2 Å². The Labute approximate surface area is 98.0 Å². The van der Waals surface area contributed by atoms with Gasteiger partial charge in [0.1, 0.15) is 0 Å². The van der Waals surface area contributed by atoms with Crippen LogP contribution in [0.15, 0.2) is 37.8 Å². The number of furan rings is 1. The van der Waals surface area contributed by atoms with Crippen LogP contribution in [0.1, 0.15) is 10.6 Å². The van der Waals surface area contributed by atoms with E-state index in [0.29, 0.717) is 9.47 Å². The lowest BCUT2D eigenvalue weighted by molar-refractivity contribution is 0.0970. The number of nitrogens with zero attached hydrogens (tertiary/aromatic N) is 2. The number of aromatic nitrogens is 1. The summed E-state index contributed by atoms with van der Waals surface area (Å²) in [6, 6.07) is 3.25. The summed E-state index contributed by atoms with van der Waals surface area (Å²) in [7, 11) is 1.83. The standard InChI is InChI=1S/C9H7BrN2O2S/c1-12-4-5-15-9(12)11-8(13)6-2-3-7(10)14-6/h2-5H,1H3. The van der Waals surface area contributed by atoms with Crippen LogP contribution in [-0.4, -0.2) is 10.5 Å². The first-order chi connectivity index (χ1) is 7.16. The van der Waals surface area contributed by atoms with E-state index in [1.165, 1.54) is 11.3 Å². The molecule has 78 valence electrons. The maximum Gasteiger partial charge on any atom is 0.315 e. The van der Waals surface area contributed by atoms with Crippen LogP contribution in [0.5, 0.6) is 0 Å². The van der Waals surface area contributed by atoms with Gasteiger partial charge in [-0.3, -0.25) is 4.79 Å². The van der Waals surface area contributed by atoms with Gasteiger partial charge in [0, 0.05) is 18.6 Å². The summed E-state index contributed by atoms with van der Waals surface area (Å²) in [4.78, 5) is 16.2. The largest absolute Gasteiger partial charge is 0.444 e. The van der Waals surface area contributed by atoms with Gasteiger partial charge in [-0.05, 0) is 28.1 Å². The minimum atomic E-state index is -0.376. The van der Waals surface area contributed by atoms with Gasteiger partial charge >= 0.3 is 5.91 Å². The Bertz CT molecular complexity index is 552. The zero-order valence-electron chi connectivity index (χ0n) is 7.81. The van der Waals surface area contributed by atoms with Crippen LogP contribution in [0.3, 0.4) is 0 Å². The van der Waals surface area contributed by atoms with Crippen molar-refractivity contribution in [2.24, 2.45) is 12.0 Å². The van der Waals surface area contributed by atoms with Gasteiger partial charge in [0.2, 0.25) is 0 Å². The molecule has 4 nitrogen and oxygen atoms in total. The Balaban J connectivity index is 2.35. The molecule has 0 spiro atoms. The lowest BCUT2D eigenvalue weighted by atomic mass is 10.4. The van der Waals surface area contributed by atoms with Gasteiger partial charge in [-0.2, -0.15) is 4.99 Å². The zero-order chi connectivity index (χ0) is 10.8. The molecule has 15 heavy (non-hydrogen) atoms. The first-order valence-corrected chi connectivity index (χ1v) is 5.78. The fourth-order valence-corrected chi connectivity index (χ4v) is 2.04. The van der Waals surface area contributed by atoms with Gasteiger partial charge in [-0.1, -0.05) is 0 Å². The second-order valence-electron chi connectivity index (χ2n) is 2.82. The van der Waals surface area contributed by atoms with Crippen LogP contribution in [0.4, 0.5) is 0 Å². The highest BCUT2D eigenvalue weighted by molar-refractivity contribution is 9.10. The number of thiazole rings is 1. The van der Waals surface area contributed by atoms with E-state index in [1.54, 1.807) is 16.7 Å². The first-order valence-electron chi connectivity index (χ1n) is 4.11. The predicted octanol–water partition coefficient (Wildman–Crippen LogP) is 2.18. The van der Waals surface area contributed by atoms with Crippen LogP contribution in [0, 0.1) is 0 Å². The number of halogens is 1. The molecule has 2 heterocycles. The molecule has 6 heteroatoms. The van der Waals surface area contributed by atoms with Crippen LogP contribution >= 0.6 is 27.3 Å². The normalized spacial score (nSPS) is 12.0. The molecule has 0 radical (unpaired) electrons. The van der Waals surface area contributed by atoms with Crippen molar-refractivity contribution < 1.29 is 9.21 Å². The van der Waals surface area contributed by atoms with Gasteiger partial charge in [-0.25, -0.2) is 0 Å². The first kappa shape index (κ1) is 10.4. The van der Waals surface area contributed by atoms with Crippen LogP contribution in [-0.2, 0) is 7.05 Å². The number of rotatable bonds is 1. The molecular formula is C9H7BrN2O2S.